The maximum absolute atomic E-state index is 3.47. The quantitative estimate of drug-likeness (QED) is 0.843. The fraction of sp³-hybridized carbons (Fsp3) is 0.600. The molecular formula is C15H24N2. The molecule has 0 radical (unpaired) electrons. The summed E-state index contributed by atoms with van der Waals surface area (Å²) in [6, 6.07) is 7.53. The minimum absolute atomic E-state index is 0.687. The highest BCUT2D eigenvalue weighted by atomic mass is 15.2. The van der Waals surface area contributed by atoms with E-state index in [9.17, 15) is 0 Å². The fourth-order valence-electron chi connectivity index (χ4n) is 2.43. The van der Waals surface area contributed by atoms with Crippen molar-refractivity contribution in [2.24, 2.45) is 0 Å². The molecule has 1 aliphatic rings. The molecule has 1 saturated heterocycles. The zero-order chi connectivity index (χ0) is 12.3. The Morgan fingerprint density at radius 3 is 2.82 bits per heavy atom. The lowest BCUT2D eigenvalue weighted by atomic mass is 10.1. The topological polar surface area (TPSA) is 15.3 Å². The van der Waals surface area contributed by atoms with E-state index < -0.39 is 0 Å². The lowest BCUT2D eigenvalue weighted by molar-refractivity contribution is 0.211. The molecule has 0 amide bonds. The van der Waals surface area contributed by atoms with Crippen LogP contribution in [0.5, 0.6) is 0 Å². The van der Waals surface area contributed by atoms with Crippen molar-refractivity contribution in [1.29, 1.82) is 0 Å². The number of rotatable bonds is 2. The second-order valence-corrected chi connectivity index (χ2v) is 5.28. The molecule has 1 unspecified atom stereocenters. The maximum atomic E-state index is 3.47. The van der Waals surface area contributed by atoms with Gasteiger partial charge in [0, 0.05) is 25.7 Å². The van der Waals surface area contributed by atoms with E-state index in [1.807, 2.05) is 0 Å². The van der Waals surface area contributed by atoms with Crippen molar-refractivity contribution >= 4 is 0 Å². The van der Waals surface area contributed by atoms with Crippen molar-refractivity contribution in [3.05, 3.63) is 34.9 Å². The van der Waals surface area contributed by atoms with Gasteiger partial charge in [0.25, 0.3) is 0 Å². The van der Waals surface area contributed by atoms with Gasteiger partial charge >= 0.3 is 0 Å². The van der Waals surface area contributed by atoms with Crippen molar-refractivity contribution in [2.75, 3.05) is 19.6 Å². The minimum atomic E-state index is 0.687. The lowest BCUT2D eigenvalue weighted by Crippen LogP contribution is -2.33. The predicted molar refractivity (Wildman–Crippen MR) is 73.3 cm³/mol. The summed E-state index contributed by atoms with van der Waals surface area (Å²) in [7, 11) is 0. The Labute approximate surface area is 105 Å². The molecule has 1 fully saturated rings. The van der Waals surface area contributed by atoms with Crippen LogP contribution in [0.3, 0.4) is 0 Å². The smallest absolute Gasteiger partial charge is 0.0237 e. The number of hydrogen-bond acceptors (Lipinski definition) is 2. The van der Waals surface area contributed by atoms with Gasteiger partial charge in [-0.3, -0.25) is 4.90 Å². The zero-order valence-corrected chi connectivity index (χ0v) is 11.3. The standard InChI is InChI=1S/C15H24N2/c1-12-4-5-15(10-13(12)2)11-17-9-8-16-7-6-14(17)3/h4-5,10,14,16H,6-9,11H2,1-3H3. The Balaban J connectivity index is 2.05. The summed E-state index contributed by atoms with van der Waals surface area (Å²) in [6.45, 7) is 11.2. The molecule has 0 spiro atoms. The summed E-state index contributed by atoms with van der Waals surface area (Å²) in [5.41, 5.74) is 4.24. The van der Waals surface area contributed by atoms with Crippen LogP contribution < -0.4 is 5.32 Å². The van der Waals surface area contributed by atoms with Crippen LogP contribution in [0.2, 0.25) is 0 Å². The highest BCUT2D eigenvalue weighted by Gasteiger charge is 2.16. The Hall–Kier alpha value is -0.860. The number of nitrogens with zero attached hydrogens (tertiary/aromatic N) is 1. The van der Waals surface area contributed by atoms with Gasteiger partial charge in [0.15, 0.2) is 0 Å². The van der Waals surface area contributed by atoms with Crippen molar-refractivity contribution in [1.82, 2.24) is 10.2 Å². The number of aryl methyl sites for hydroxylation is 2. The van der Waals surface area contributed by atoms with Crippen molar-refractivity contribution in [2.45, 2.75) is 39.8 Å². The summed E-state index contributed by atoms with van der Waals surface area (Å²) in [5, 5.41) is 3.47. The molecule has 1 heterocycles. The van der Waals surface area contributed by atoms with E-state index in [2.05, 4.69) is 49.2 Å². The third-order valence-corrected chi connectivity index (χ3v) is 3.90. The van der Waals surface area contributed by atoms with Crippen molar-refractivity contribution in [3.63, 3.8) is 0 Å². The van der Waals surface area contributed by atoms with Crippen LogP contribution in [-0.2, 0) is 6.54 Å². The third kappa shape index (κ3) is 3.30. The second kappa shape index (κ2) is 5.65. The van der Waals surface area contributed by atoms with E-state index in [4.69, 9.17) is 0 Å². The van der Waals surface area contributed by atoms with Crippen LogP contribution in [0.15, 0.2) is 18.2 Å². The molecule has 0 aliphatic carbocycles. The first-order valence-electron chi connectivity index (χ1n) is 6.67. The zero-order valence-electron chi connectivity index (χ0n) is 11.3. The first kappa shape index (κ1) is 12.6. The van der Waals surface area contributed by atoms with Crippen molar-refractivity contribution < 1.29 is 0 Å². The summed E-state index contributed by atoms with van der Waals surface area (Å²) in [5.74, 6) is 0. The lowest BCUT2D eigenvalue weighted by Gasteiger charge is -2.26. The van der Waals surface area contributed by atoms with Crippen LogP contribution in [-0.4, -0.2) is 30.6 Å². The Kier molecular flexibility index (Phi) is 4.19. The normalized spacial score (nSPS) is 22.4. The van der Waals surface area contributed by atoms with Gasteiger partial charge < -0.3 is 5.32 Å². The molecule has 0 aromatic heterocycles. The molecule has 2 nitrogen and oxygen atoms in total. The number of benzene rings is 1. The highest BCUT2D eigenvalue weighted by molar-refractivity contribution is 5.29. The highest BCUT2D eigenvalue weighted by Crippen LogP contribution is 2.15. The first-order valence-corrected chi connectivity index (χ1v) is 6.67. The van der Waals surface area contributed by atoms with E-state index in [0.717, 1.165) is 26.2 Å². The molecule has 2 rings (SSSR count). The molecule has 1 aromatic carbocycles. The Bertz CT molecular complexity index is 373. The van der Waals surface area contributed by atoms with E-state index in [0.29, 0.717) is 6.04 Å². The Morgan fingerprint density at radius 1 is 1.24 bits per heavy atom. The summed E-state index contributed by atoms with van der Waals surface area (Å²) in [4.78, 5) is 2.59. The monoisotopic (exact) mass is 232 g/mol. The largest absolute Gasteiger partial charge is 0.315 e. The van der Waals surface area contributed by atoms with Gasteiger partial charge in [-0.2, -0.15) is 0 Å². The van der Waals surface area contributed by atoms with E-state index >= 15 is 0 Å². The molecule has 1 aliphatic heterocycles. The second-order valence-electron chi connectivity index (χ2n) is 5.28. The summed E-state index contributed by atoms with van der Waals surface area (Å²) < 4.78 is 0. The summed E-state index contributed by atoms with van der Waals surface area (Å²) in [6.07, 6.45) is 1.25. The average Bonchev–Trinajstić information content (AvgIpc) is 2.50. The van der Waals surface area contributed by atoms with Crippen LogP contribution >= 0.6 is 0 Å². The molecule has 0 saturated carbocycles. The van der Waals surface area contributed by atoms with Crippen LogP contribution in [0.4, 0.5) is 0 Å². The van der Waals surface area contributed by atoms with Gasteiger partial charge in [-0.25, -0.2) is 0 Å². The maximum Gasteiger partial charge on any atom is 0.0237 e. The van der Waals surface area contributed by atoms with Gasteiger partial charge in [-0.15, -0.1) is 0 Å². The first-order chi connectivity index (χ1) is 8.16. The molecule has 1 N–H and O–H groups in total. The van der Waals surface area contributed by atoms with E-state index in [-0.39, 0.29) is 0 Å². The Morgan fingerprint density at radius 2 is 2.06 bits per heavy atom. The summed E-state index contributed by atoms with van der Waals surface area (Å²) >= 11 is 0. The molecule has 1 aromatic rings. The third-order valence-electron chi connectivity index (χ3n) is 3.90. The van der Waals surface area contributed by atoms with Crippen molar-refractivity contribution in [3.8, 4) is 0 Å². The van der Waals surface area contributed by atoms with Crippen LogP contribution in [0.1, 0.15) is 30.0 Å². The van der Waals surface area contributed by atoms with E-state index in [1.54, 1.807) is 0 Å². The number of hydrogen-bond donors (Lipinski definition) is 1. The SMILES string of the molecule is Cc1ccc(CN2CCNCCC2C)cc1C. The molecule has 94 valence electrons. The predicted octanol–water partition coefficient (Wildman–Crippen LogP) is 2.49. The van der Waals surface area contributed by atoms with Crippen LogP contribution in [0.25, 0.3) is 0 Å². The molecule has 1 atom stereocenters. The van der Waals surface area contributed by atoms with E-state index in [1.165, 1.54) is 23.1 Å². The minimum Gasteiger partial charge on any atom is -0.315 e. The van der Waals surface area contributed by atoms with Crippen LogP contribution in [0, 0.1) is 13.8 Å². The fourth-order valence-corrected chi connectivity index (χ4v) is 2.43. The molecule has 0 bridgehead atoms. The molecular weight excluding hydrogens is 208 g/mol. The van der Waals surface area contributed by atoms with Gasteiger partial charge in [0.2, 0.25) is 0 Å². The van der Waals surface area contributed by atoms with Gasteiger partial charge in [-0.1, -0.05) is 18.2 Å². The van der Waals surface area contributed by atoms with Gasteiger partial charge in [0.1, 0.15) is 0 Å². The average molecular weight is 232 g/mol. The van der Waals surface area contributed by atoms with Gasteiger partial charge in [0.05, 0.1) is 0 Å². The molecule has 17 heavy (non-hydrogen) atoms. The van der Waals surface area contributed by atoms with Gasteiger partial charge in [-0.05, 0) is 50.4 Å². The number of nitrogens with one attached hydrogen (secondary N) is 1. The molecule has 2 heteroatoms.